The van der Waals surface area contributed by atoms with Gasteiger partial charge in [0.1, 0.15) is 11.6 Å². The van der Waals surface area contributed by atoms with E-state index in [1.807, 2.05) is 0 Å². The van der Waals surface area contributed by atoms with Crippen molar-refractivity contribution in [3.63, 3.8) is 0 Å². The highest BCUT2D eigenvalue weighted by molar-refractivity contribution is 9.10. The van der Waals surface area contributed by atoms with Gasteiger partial charge in [-0.3, -0.25) is 0 Å². The van der Waals surface area contributed by atoms with E-state index >= 15 is 0 Å². The molecule has 0 aliphatic rings. The normalized spacial score (nSPS) is 13.0. The zero-order valence-corrected chi connectivity index (χ0v) is 15.5. The minimum atomic E-state index is -3.80. The van der Waals surface area contributed by atoms with Crippen LogP contribution in [0.15, 0.2) is 46.9 Å². The molecule has 0 aromatic heterocycles. The number of hydrogen-bond acceptors (Lipinski definition) is 3. The summed E-state index contributed by atoms with van der Waals surface area (Å²) >= 11 is 3.11. The highest BCUT2D eigenvalue weighted by Gasteiger charge is 2.19. The molecule has 2 rings (SSSR count). The molecule has 0 heterocycles. The highest BCUT2D eigenvalue weighted by Crippen LogP contribution is 2.21. The molecule has 1 atom stereocenters. The summed E-state index contributed by atoms with van der Waals surface area (Å²) in [5.41, 5.74) is 0.602. The molecule has 0 radical (unpaired) electrons. The average molecular weight is 438 g/mol. The first-order valence-electron chi connectivity index (χ1n) is 7.15. The Morgan fingerprint density at radius 1 is 1.16 bits per heavy atom. The van der Waals surface area contributed by atoms with Gasteiger partial charge in [0.2, 0.25) is 10.0 Å². The number of halogens is 4. The Kier molecular flexibility index (Phi) is 6.47. The molecular weight excluding hydrogens is 423 g/mol. The molecule has 2 aromatic rings. The standard InChI is InChI=1S/C16H15BrF3NO3S/c1-10(11-3-6-14(7-4-11)24-16(19)20)21-25(22,23)9-12-2-5-13(17)8-15(12)18/h2-8,10,16,21H,9H2,1H3/t10-/m0/s1. The van der Waals surface area contributed by atoms with Crippen LogP contribution in [-0.4, -0.2) is 15.0 Å². The van der Waals surface area contributed by atoms with E-state index in [1.54, 1.807) is 13.0 Å². The van der Waals surface area contributed by atoms with Gasteiger partial charge < -0.3 is 4.74 Å². The van der Waals surface area contributed by atoms with E-state index in [4.69, 9.17) is 0 Å². The van der Waals surface area contributed by atoms with Crippen molar-refractivity contribution >= 4 is 26.0 Å². The third-order valence-electron chi connectivity index (χ3n) is 3.32. The van der Waals surface area contributed by atoms with Crippen LogP contribution in [0.2, 0.25) is 0 Å². The lowest BCUT2D eigenvalue weighted by Gasteiger charge is -2.15. The van der Waals surface area contributed by atoms with Crippen LogP contribution < -0.4 is 9.46 Å². The van der Waals surface area contributed by atoms with Crippen LogP contribution in [-0.2, 0) is 15.8 Å². The van der Waals surface area contributed by atoms with Gasteiger partial charge in [-0.25, -0.2) is 17.5 Å². The number of sulfonamides is 1. The fraction of sp³-hybridized carbons (Fsp3) is 0.250. The van der Waals surface area contributed by atoms with E-state index in [0.717, 1.165) is 0 Å². The Labute approximate surface area is 152 Å². The van der Waals surface area contributed by atoms with Crippen molar-refractivity contribution in [1.29, 1.82) is 0 Å². The van der Waals surface area contributed by atoms with E-state index in [1.165, 1.54) is 36.4 Å². The monoisotopic (exact) mass is 437 g/mol. The van der Waals surface area contributed by atoms with Crippen molar-refractivity contribution < 1.29 is 26.3 Å². The van der Waals surface area contributed by atoms with E-state index in [0.29, 0.717) is 10.0 Å². The fourth-order valence-electron chi connectivity index (χ4n) is 2.16. The molecule has 0 spiro atoms. The number of hydrogen-bond donors (Lipinski definition) is 1. The number of nitrogens with one attached hydrogen (secondary N) is 1. The number of ether oxygens (including phenoxy) is 1. The van der Waals surface area contributed by atoms with Crippen LogP contribution in [0.3, 0.4) is 0 Å². The summed E-state index contributed by atoms with van der Waals surface area (Å²) in [7, 11) is -3.80. The van der Waals surface area contributed by atoms with E-state index in [9.17, 15) is 21.6 Å². The summed E-state index contributed by atoms with van der Waals surface area (Å²) in [4.78, 5) is 0. The molecule has 0 unspecified atom stereocenters. The predicted molar refractivity (Wildman–Crippen MR) is 91.3 cm³/mol. The first-order chi connectivity index (χ1) is 11.7. The molecular formula is C16H15BrF3NO3S. The highest BCUT2D eigenvalue weighted by atomic mass is 79.9. The van der Waals surface area contributed by atoms with Crippen LogP contribution in [0.25, 0.3) is 0 Å². The zero-order chi connectivity index (χ0) is 18.6. The van der Waals surface area contributed by atoms with Gasteiger partial charge in [0, 0.05) is 16.1 Å². The second-order valence-corrected chi connectivity index (χ2v) is 7.95. The summed E-state index contributed by atoms with van der Waals surface area (Å²) < 4.78 is 69.6. The fourth-order valence-corrected chi connectivity index (χ4v) is 3.90. The Hall–Kier alpha value is -1.58. The van der Waals surface area contributed by atoms with Gasteiger partial charge in [-0.2, -0.15) is 8.78 Å². The van der Waals surface area contributed by atoms with Gasteiger partial charge in [0.05, 0.1) is 5.75 Å². The minimum Gasteiger partial charge on any atom is -0.435 e. The Balaban J connectivity index is 2.06. The van der Waals surface area contributed by atoms with Crippen molar-refractivity contribution in [3.05, 3.63) is 63.9 Å². The molecule has 25 heavy (non-hydrogen) atoms. The van der Waals surface area contributed by atoms with E-state index < -0.39 is 34.2 Å². The van der Waals surface area contributed by atoms with Gasteiger partial charge in [-0.05, 0) is 36.8 Å². The Bertz CT molecular complexity index is 829. The first kappa shape index (κ1) is 19.7. The lowest BCUT2D eigenvalue weighted by atomic mass is 10.1. The van der Waals surface area contributed by atoms with Crippen molar-refractivity contribution in [2.24, 2.45) is 0 Å². The van der Waals surface area contributed by atoms with Crippen LogP contribution in [0.4, 0.5) is 13.2 Å². The van der Waals surface area contributed by atoms with Crippen LogP contribution in [0, 0.1) is 5.82 Å². The topological polar surface area (TPSA) is 55.4 Å². The molecule has 0 fully saturated rings. The molecule has 0 saturated carbocycles. The molecule has 0 aliphatic carbocycles. The summed E-state index contributed by atoms with van der Waals surface area (Å²) in [6.45, 7) is -1.33. The Morgan fingerprint density at radius 2 is 1.80 bits per heavy atom. The smallest absolute Gasteiger partial charge is 0.387 e. The molecule has 0 aliphatic heterocycles. The van der Waals surface area contributed by atoms with Gasteiger partial charge in [0.15, 0.2) is 0 Å². The molecule has 0 bridgehead atoms. The van der Waals surface area contributed by atoms with Gasteiger partial charge in [-0.1, -0.05) is 34.1 Å². The summed E-state index contributed by atoms with van der Waals surface area (Å²) in [5, 5.41) is 0. The predicted octanol–water partition coefficient (Wildman–Crippen LogP) is 4.37. The maximum Gasteiger partial charge on any atom is 0.387 e. The molecule has 0 saturated heterocycles. The van der Waals surface area contributed by atoms with Gasteiger partial charge in [-0.15, -0.1) is 0 Å². The molecule has 1 N–H and O–H groups in total. The first-order valence-corrected chi connectivity index (χ1v) is 9.59. The average Bonchev–Trinajstić information content (AvgIpc) is 2.49. The third-order valence-corrected chi connectivity index (χ3v) is 5.22. The number of benzene rings is 2. The SMILES string of the molecule is C[C@H](NS(=O)(=O)Cc1ccc(Br)cc1F)c1ccc(OC(F)F)cc1. The lowest BCUT2D eigenvalue weighted by Crippen LogP contribution is -2.28. The van der Waals surface area contributed by atoms with Crippen molar-refractivity contribution in [1.82, 2.24) is 4.72 Å². The molecule has 0 amide bonds. The Morgan fingerprint density at radius 3 is 2.36 bits per heavy atom. The largest absolute Gasteiger partial charge is 0.435 e. The van der Waals surface area contributed by atoms with Crippen molar-refractivity contribution in [2.45, 2.75) is 25.3 Å². The van der Waals surface area contributed by atoms with Gasteiger partial charge >= 0.3 is 6.61 Å². The zero-order valence-electron chi connectivity index (χ0n) is 13.0. The lowest BCUT2D eigenvalue weighted by molar-refractivity contribution is -0.0498. The molecule has 9 heteroatoms. The summed E-state index contributed by atoms with van der Waals surface area (Å²) in [5.74, 6) is -1.16. The summed E-state index contributed by atoms with van der Waals surface area (Å²) in [6, 6.07) is 9.11. The molecule has 136 valence electrons. The van der Waals surface area contributed by atoms with Crippen molar-refractivity contribution in [3.8, 4) is 5.75 Å². The maximum absolute atomic E-state index is 13.8. The van der Waals surface area contributed by atoms with Crippen LogP contribution in [0.5, 0.6) is 5.75 Å². The number of rotatable bonds is 7. The molecule has 4 nitrogen and oxygen atoms in total. The quantitative estimate of drug-likeness (QED) is 0.699. The minimum absolute atomic E-state index is 0.0225. The number of alkyl halides is 2. The van der Waals surface area contributed by atoms with Gasteiger partial charge in [0.25, 0.3) is 0 Å². The molecule has 2 aromatic carbocycles. The van der Waals surface area contributed by atoms with Crippen molar-refractivity contribution in [2.75, 3.05) is 0 Å². The van der Waals surface area contributed by atoms with Crippen LogP contribution in [0.1, 0.15) is 24.1 Å². The maximum atomic E-state index is 13.8. The third kappa shape index (κ3) is 6.02. The second-order valence-electron chi connectivity index (χ2n) is 5.28. The summed E-state index contributed by atoms with van der Waals surface area (Å²) in [6.07, 6.45) is 0. The van der Waals surface area contributed by atoms with E-state index in [-0.39, 0.29) is 11.3 Å². The van der Waals surface area contributed by atoms with Crippen LogP contribution >= 0.6 is 15.9 Å². The van der Waals surface area contributed by atoms with E-state index in [2.05, 4.69) is 25.4 Å². The second kappa shape index (κ2) is 8.20.